The number of ketones is 1. The number of halogens is 4. The third-order valence-corrected chi connectivity index (χ3v) is 8.33. The smallest absolute Gasteiger partial charge is 0.294 e. The zero-order valence-corrected chi connectivity index (χ0v) is 21.5. The Morgan fingerprint density at radius 3 is 2.14 bits per heavy atom. The molecule has 1 amide bonds. The summed E-state index contributed by atoms with van der Waals surface area (Å²) in [5.41, 5.74) is -3.87. The van der Waals surface area contributed by atoms with Crippen LogP contribution in [-0.4, -0.2) is 31.8 Å². The summed E-state index contributed by atoms with van der Waals surface area (Å²) in [6.07, 6.45) is -5.77. The Labute approximate surface area is 212 Å². The summed E-state index contributed by atoms with van der Waals surface area (Å²) in [6, 6.07) is 9.13. The van der Waals surface area contributed by atoms with Gasteiger partial charge in [0.15, 0.2) is 5.78 Å². The van der Waals surface area contributed by atoms with Crippen LogP contribution in [0.5, 0.6) is 0 Å². The van der Waals surface area contributed by atoms with E-state index < -0.39 is 49.3 Å². The molecule has 1 N–H and O–H groups in total. The summed E-state index contributed by atoms with van der Waals surface area (Å²) in [5.74, 6) is -2.52. The minimum Gasteiger partial charge on any atom is -0.294 e. The summed E-state index contributed by atoms with van der Waals surface area (Å²) in [4.78, 5) is 27.4. The molecule has 0 saturated heterocycles. The second kappa shape index (κ2) is 8.43. The van der Waals surface area contributed by atoms with E-state index in [1.165, 1.54) is 18.2 Å². The van der Waals surface area contributed by atoms with Crippen molar-refractivity contribution in [2.75, 3.05) is 4.90 Å². The minimum atomic E-state index is -5.46. The van der Waals surface area contributed by atoms with E-state index in [1.807, 2.05) is 6.92 Å². The van der Waals surface area contributed by atoms with Crippen LogP contribution in [0.1, 0.15) is 37.8 Å². The summed E-state index contributed by atoms with van der Waals surface area (Å²) in [5, 5.41) is 0.173. The number of nitrogens with zero attached hydrogens (tertiary/aromatic N) is 1. The minimum absolute atomic E-state index is 0.0345. The fourth-order valence-corrected chi connectivity index (χ4v) is 6.18. The molecule has 1 aliphatic carbocycles. The van der Waals surface area contributed by atoms with Gasteiger partial charge in [-0.3, -0.25) is 14.5 Å². The zero-order chi connectivity index (χ0) is 26.8. The fraction of sp³-hybridized carbons (Fsp3) is 0.360. The Morgan fingerprint density at radius 1 is 0.972 bits per heavy atom. The standard InChI is InChI=1S/C25H24ClF3N2O4S/c1-14-5-8-17(11-15(14)2)31-19-12-23(3,4)13-20(32)21(19)24(22(31)33,25(27,28)29)30-36(34,35)18-9-6-16(26)7-10-18/h5-11,30H,12-13H2,1-4H3. The van der Waals surface area contributed by atoms with E-state index in [9.17, 15) is 31.2 Å². The number of sulfonamides is 1. The Hall–Kier alpha value is -2.69. The van der Waals surface area contributed by atoms with Crippen molar-refractivity contribution in [1.82, 2.24) is 4.72 Å². The number of Topliss-reactive ketones (excluding diaryl/α,β-unsaturated/α-hetero) is 1. The van der Waals surface area contributed by atoms with E-state index in [2.05, 4.69) is 0 Å². The van der Waals surface area contributed by atoms with Crippen LogP contribution in [0.4, 0.5) is 18.9 Å². The van der Waals surface area contributed by atoms with E-state index in [0.29, 0.717) is 0 Å². The Morgan fingerprint density at radius 2 is 1.58 bits per heavy atom. The van der Waals surface area contributed by atoms with Crippen LogP contribution in [-0.2, 0) is 19.6 Å². The van der Waals surface area contributed by atoms with Crippen molar-refractivity contribution in [3.05, 3.63) is 69.9 Å². The highest BCUT2D eigenvalue weighted by atomic mass is 35.5. The van der Waals surface area contributed by atoms with Crippen molar-refractivity contribution in [3.63, 3.8) is 0 Å². The number of anilines is 1. The van der Waals surface area contributed by atoms with Crippen molar-refractivity contribution in [3.8, 4) is 0 Å². The first kappa shape index (κ1) is 26.4. The van der Waals surface area contributed by atoms with Gasteiger partial charge in [0.2, 0.25) is 15.6 Å². The maximum absolute atomic E-state index is 15.0. The number of rotatable bonds is 4. The quantitative estimate of drug-likeness (QED) is 0.576. The number of aryl methyl sites for hydroxylation is 2. The fourth-order valence-electron chi connectivity index (χ4n) is 4.73. The van der Waals surface area contributed by atoms with Gasteiger partial charge in [-0.1, -0.05) is 31.5 Å². The number of carbonyl (C=O) groups excluding carboxylic acids is 2. The number of nitrogens with one attached hydrogen (secondary N) is 1. The molecular weight excluding hydrogens is 517 g/mol. The van der Waals surface area contributed by atoms with Gasteiger partial charge in [-0.05, 0) is 73.2 Å². The zero-order valence-electron chi connectivity index (χ0n) is 20.0. The first-order valence-electron chi connectivity index (χ1n) is 11.1. The van der Waals surface area contributed by atoms with Gasteiger partial charge in [-0.2, -0.15) is 17.9 Å². The van der Waals surface area contributed by atoms with Crippen molar-refractivity contribution >= 4 is 39.0 Å². The lowest BCUT2D eigenvalue weighted by molar-refractivity contribution is -0.184. The average molecular weight is 541 g/mol. The van der Waals surface area contributed by atoms with E-state index in [-0.39, 0.29) is 29.2 Å². The van der Waals surface area contributed by atoms with Gasteiger partial charge in [0.25, 0.3) is 5.91 Å². The average Bonchev–Trinajstić information content (AvgIpc) is 2.97. The molecule has 1 unspecified atom stereocenters. The van der Waals surface area contributed by atoms with Crippen LogP contribution in [0.25, 0.3) is 0 Å². The normalized spacial score (nSPS) is 22.3. The molecule has 2 aromatic rings. The van der Waals surface area contributed by atoms with E-state index in [0.717, 1.165) is 28.2 Å². The topological polar surface area (TPSA) is 83.6 Å². The first-order valence-corrected chi connectivity index (χ1v) is 12.9. The van der Waals surface area contributed by atoms with Gasteiger partial charge >= 0.3 is 6.18 Å². The van der Waals surface area contributed by atoms with Crippen LogP contribution in [0.3, 0.4) is 0 Å². The van der Waals surface area contributed by atoms with Crippen molar-refractivity contribution in [1.29, 1.82) is 0 Å². The number of alkyl halides is 3. The predicted octanol–water partition coefficient (Wildman–Crippen LogP) is 5.23. The lowest BCUT2D eigenvalue weighted by Crippen LogP contribution is -2.66. The second-order valence-corrected chi connectivity index (χ2v) is 12.1. The molecular formula is C25H24ClF3N2O4S. The van der Waals surface area contributed by atoms with Gasteiger partial charge in [-0.15, -0.1) is 0 Å². The first-order chi connectivity index (χ1) is 16.5. The molecule has 0 fully saturated rings. The van der Waals surface area contributed by atoms with Crippen LogP contribution in [0, 0.1) is 19.3 Å². The lowest BCUT2D eigenvalue weighted by Gasteiger charge is -2.35. The summed E-state index contributed by atoms with van der Waals surface area (Å²) in [6.45, 7) is 6.97. The molecule has 2 aliphatic rings. The van der Waals surface area contributed by atoms with E-state index in [4.69, 9.17) is 11.6 Å². The second-order valence-electron chi connectivity index (χ2n) is 9.98. The van der Waals surface area contributed by atoms with Crippen LogP contribution in [0.2, 0.25) is 5.02 Å². The number of amides is 1. The molecule has 36 heavy (non-hydrogen) atoms. The van der Waals surface area contributed by atoms with E-state index in [1.54, 1.807) is 37.6 Å². The summed E-state index contributed by atoms with van der Waals surface area (Å²) < 4.78 is 72.9. The highest BCUT2D eigenvalue weighted by Gasteiger charge is 2.72. The van der Waals surface area contributed by atoms with Gasteiger partial charge < -0.3 is 0 Å². The summed E-state index contributed by atoms with van der Waals surface area (Å²) in [7, 11) is -4.92. The molecule has 1 atom stereocenters. The highest BCUT2D eigenvalue weighted by Crippen LogP contribution is 2.53. The van der Waals surface area contributed by atoms with Gasteiger partial charge in [0, 0.05) is 22.8 Å². The van der Waals surface area contributed by atoms with Gasteiger partial charge in [0.1, 0.15) is 0 Å². The Bertz CT molecular complexity index is 1420. The number of allylic oxidation sites excluding steroid dienone is 1. The third kappa shape index (κ3) is 4.14. The molecule has 2 aromatic carbocycles. The number of hydrogen-bond acceptors (Lipinski definition) is 4. The van der Waals surface area contributed by atoms with Crippen molar-refractivity contribution in [2.24, 2.45) is 5.41 Å². The van der Waals surface area contributed by atoms with Crippen molar-refractivity contribution < 1.29 is 31.2 Å². The monoisotopic (exact) mass is 540 g/mol. The van der Waals surface area contributed by atoms with Gasteiger partial charge in [0.05, 0.1) is 10.5 Å². The third-order valence-electron chi connectivity index (χ3n) is 6.61. The molecule has 11 heteroatoms. The molecule has 0 spiro atoms. The summed E-state index contributed by atoms with van der Waals surface area (Å²) >= 11 is 5.79. The Kier molecular flexibility index (Phi) is 6.17. The SMILES string of the molecule is Cc1ccc(N2C(=O)C(NS(=O)(=O)c3ccc(Cl)cc3)(C(F)(F)F)C3=C2CC(C)(C)CC3=O)cc1C. The van der Waals surface area contributed by atoms with Crippen molar-refractivity contribution in [2.45, 2.75) is 57.1 Å². The molecule has 1 heterocycles. The number of benzene rings is 2. The predicted molar refractivity (Wildman–Crippen MR) is 129 cm³/mol. The number of carbonyl (C=O) groups is 2. The molecule has 6 nitrogen and oxygen atoms in total. The van der Waals surface area contributed by atoms with Crippen LogP contribution in [0.15, 0.2) is 58.6 Å². The molecule has 1 aliphatic heterocycles. The highest BCUT2D eigenvalue weighted by molar-refractivity contribution is 7.89. The maximum atomic E-state index is 15.0. The van der Waals surface area contributed by atoms with Crippen LogP contribution < -0.4 is 9.62 Å². The lowest BCUT2D eigenvalue weighted by atomic mass is 9.72. The molecule has 0 radical (unpaired) electrons. The number of hydrogen-bond donors (Lipinski definition) is 1. The molecule has 0 aromatic heterocycles. The maximum Gasteiger partial charge on any atom is 0.421 e. The Balaban J connectivity index is 1.99. The van der Waals surface area contributed by atoms with E-state index >= 15 is 0 Å². The van der Waals surface area contributed by atoms with Gasteiger partial charge in [-0.25, -0.2) is 8.42 Å². The molecule has 0 saturated carbocycles. The molecule has 0 bridgehead atoms. The molecule has 192 valence electrons. The largest absolute Gasteiger partial charge is 0.421 e. The van der Waals surface area contributed by atoms with Crippen LogP contribution >= 0.6 is 11.6 Å². The molecule has 4 rings (SSSR count).